The number of rotatable bonds is 5. The van der Waals surface area contributed by atoms with E-state index in [2.05, 4.69) is 0 Å². The van der Waals surface area contributed by atoms with Gasteiger partial charge in [0.25, 0.3) is 0 Å². The molecule has 3 rings (SSSR count). The number of carboxylic acid groups (broad SMARTS) is 1. The van der Waals surface area contributed by atoms with Crippen LogP contribution in [0.2, 0.25) is 0 Å². The van der Waals surface area contributed by atoms with Crippen LogP contribution in [-0.4, -0.2) is 52.0 Å². The topological polar surface area (TPSA) is 94.9 Å². The van der Waals surface area contributed by atoms with Crippen LogP contribution in [0.3, 0.4) is 0 Å². The number of nitrogens with zero attached hydrogens (tertiary/aromatic N) is 1. The van der Waals surface area contributed by atoms with Gasteiger partial charge in [0.1, 0.15) is 6.04 Å². The average molecular weight is 422 g/mol. The summed E-state index contributed by atoms with van der Waals surface area (Å²) in [5.74, 6) is -0.597. The largest absolute Gasteiger partial charge is 0.480 e. The summed E-state index contributed by atoms with van der Waals surface area (Å²) < 4.78 is 26.7. The van der Waals surface area contributed by atoms with Crippen molar-refractivity contribution < 1.29 is 23.4 Å². The molecule has 0 radical (unpaired) electrons. The molecular weight excluding hydrogens is 398 g/mol. The number of hydrogen-bond donors (Lipinski definition) is 2. The van der Waals surface area contributed by atoms with Gasteiger partial charge < -0.3 is 10.2 Å². The summed E-state index contributed by atoms with van der Waals surface area (Å²) in [5.41, 5.74) is 2.46. The van der Waals surface area contributed by atoms with Crippen molar-refractivity contribution >= 4 is 27.8 Å². The Morgan fingerprint density at radius 2 is 1.86 bits per heavy atom. The molecule has 0 aromatic heterocycles. The molecule has 0 unspecified atom stereocenters. The maximum atomic E-state index is 13.2. The summed E-state index contributed by atoms with van der Waals surface area (Å²) in [5, 5.41) is 18.9. The van der Waals surface area contributed by atoms with Crippen LogP contribution in [0.15, 0.2) is 53.4 Å². The summed E-state index contributed by atoms with van der Waals surface area (Å²) in [4.78, 5) is 11.9. The van der Waals surface area contributed by atoms with Gasteiger partial charge in [-0.1, -0.05) is 30.3 Å². The Morgan fingerprint density at radius 3 is 2.46 bits per heavy atom. The van der Waals surface area contributed by atoms with Crippen molar-refractivity contribution in [3.63, 3.8) is 0 Å². The summed E-state index contributed by atoms with van der Waals surface area (Å²) >= 11 is 1.47. The minimum absolute atomic E-state index is 0.0698. The second-order valence-electron chi connectivity index (χ2n) is 7.19. The fraction of sp³-hybridized carbons (Fsp3) is 0.350. The van der Waals surface area contributed by atoms with E-state index in [-0.39, 0.29) is 18.0 Å². The molecule has 28 heavy (non-hydrogen) atoms. The molecule has 1 atom stereocenters. The summed E-state index contributed by atoms with van der Waals surface area (Å²) in [6.07, 6.45) is 0. The predicted molar refractivity (Wildman–Crippen MR) is 110 cm³/mol. The summed E-state index contributed by atoms with van der Waals surface area (Å²) in [6, 6.07) is 12.6. The van der Waals surface area contributed by atoms with Crippen molar-refractivity contribution in [2.24, 2.45) is 0 Å². The van der Waals surface area contributed by atoms with Gasteiger partial charge in [-0.05, 0) is 48.7 Å². The van der Waals surface area contributed by atoms with E-state index in [1.807, 2.05) is 24.3 Å². The highest BCUT2D eigenvalue weighted by Gasteiger charge is 2.48. The maximum Gasteiger partial charge on any atom is 0.323 e. The molecule has 1 heterocycles. The molecule has 1 aliphatic heterocycles. The lowest BCUT2D eigenvalue weighted by Gasteiger charge is -2.42. The molecule has 0 bridgehead atoms. The first-order chi connectivity index (χ1) is 13.2. The van der Waals surface area contributed by atoms with E-state index in [1.165, 1.54) is 23.9 Å². The van der Waals surface area contributed by atoms with E-state index >= 15 is 0 Å². The molecular formula is C20H23NO5S2. The monoisotopic (exact) mass is 421 g/mol. The van der Waals surface area contributed by atoms with Crippen LogP contribution in [0.25, 0.3) is 11.1 Å². The van der Waals surface area contributed by atoms with Gasteiger partial charge in [-0.15, -0.1) is 0 Å². The number of carboxylic acids is 1. The molecule has 0 amide bonds. The zero-order valence-electron chi connectivity index (χ0n) is 15.7. The van der Waals surface area contributed by atoms with Crippen LogP contribution in [-0.2, 0) is 21.4 Å². The van der Waals surface area contributed by atoms with Gasteiger partial charge in [0.15, 0.2) is 0 Å². The minimum atomic E-state index is -3.94. The van der Waals surface area contributed by atoms with Crippen LogP contribution < -0.4 is 0 Å². The number of hydrogen-bond acceptors (Lipinski definition) is 5. The molecule has 1 fully saturated rings. The quantitative estimate of drug-likeness (QED) is 0.771. The third-order valence-electron chi connectivity index (χ3n) is 4.87. The molecule has 1 saturated heterocycles. The second-order valence-corrected chi connectivity index (χ2v) is 10.8. The van der Waals surface area contributed by atoms with Gasteiger partial charge in [-0.2, -0.15) is 16.1 Å². The van der Waals surface area contributed by atoms with E-state index in [0.29, 0.717) is 5.75 Å². The van der Waals surface area contributed by atoms with Crippen molar-refractivity contribution in [3.8, 4) is 11.1 Å². The molecule has 150 valence electrons. The Balaban J connectivity index is 1.94. The van der Waals surface area contributed by atoms with Crippen molar-refractivity contribution in [2.45, 2.75) is 36.1 Å². The highest BCUT2D eigenvalue weighted by Crippen LogP contribution is 2.38. The highest BCUT2D eigenvalue weighted by molar-refractivity contribution is 8.00. The van der Waals surface area contributed by atoms with E-state index in [9.17, 15) is 23.4 Å². The summed E-state index contributed by atoms with van der Waals surface area (Å²) in [6.45, 7) is 3.61. The summed E-state index contributed by atoms with van der Waals surface area (Å²) in [7, 11) is -3.94. The van der Waals surface area contributed by atoms with Crippen molar-refractivity contribution in [1.29, 1.82) is 0 Å². The van der Waals surface area contributed by atoms with Crippen LogP contribution in [0.1, 0.15) is 19.4 Å². The normalized spacial score (nSPS) is 20.0. The molecule has 0 saturated carbocycles. The standard InChI is InChI=1S/C20H23NO5S2/c1-20(2)18(19(23)24)21(10-11-27-20)28(25,26)17-8-6-15(7-9-17)16-5-3-4-14(12-16)13-22/h3-9,12,18,22H,10-11,13H2,1-2H3,(H,23,24)/t18-/m0/s1. The molecule has 6 nitrogen and oxygen atoms in total. The SMILES string of the molecule is CC1(C)SCCN(S(=O)(=O)c2ccc(-c3cccc(CO)c3)cc2)[C@H]1C(=O)O. The second kappa shape index (κ2) is 7.87. The van der Waals surface area contributed by atoms with Crippen LogP contribution >= 0.6 is 11.8 Å². The third kappa shape index (κ3) is 3.96. The molecule has 0 aliphatic carbocycles. The van der Waals surface area contributed by atoms with Gasteiger partial charge in [0, 0.05) is 17.0 Å². The Bertz CT molecular complexity index is 970. The fourth-order valence-electron chi connectivity index (χ4n) is 3.44. The number of thioether (sulfide) groups is 1. The molecule has 8 heteroatoms. The lowest BCUT2D eigenvalue weighted by Crippen LogP contribution is -2.58. The first kappa shape index (κ1) is 20.9. The van der Waals surface area contributed by atoms with E-state index < -0.39 is 26.8 Å². The van der Waals surface area contributed by atoms with E-state index in [0.717, 1.165) is 21.0 Å². The Labute approximate surface area is 169 Å². The van der Waals surface area contributed by atoms with Crippen LogP contribution in [0, 0.1) is 0 Å². The predicted octanol–water partition coefficient (Wildman–Crippen LogP) is 2.82. The lowest BCUT2D eigenvalue weighted by atomic mass is 10.0. The van der Waals surface area contributed by atoms with Gasteiger partial charge in [-0.25, -0.2) is 8.42 Å². The first-order valence-electron chi connectivity index (χ1n) is 8.85. The first-order valence-corrected chi connectivity index (χ1v) is 11.3. The van der Waals surface area contributed by atoms with Gasteiger partial charge in [-0.3, -0.25) is 4.79 Å². The number of aliphatic carboxylic acids is 1. The van der Waals surface area contributed by atoms with Crippen molar-refractivity contribution in [3.05, 3.63) is 54.1 Å². The maximum absolute atomic E-state index is 13.2. The molecule has 2 aromatic carbocycles. The molecule has 1 aliphatic rings. The van der Waals surface area contributed by atoms with Crippen molar-refractivity contribution in [2.75, 3.05) is 12.3 Å². The Morgan fingerprint density at radius 1 is 1.18 bits per heavy atom. The number of benzene rings is 2. The molecule has 2 N–H and O–H groups in total. The van der Waals surface area contributed by atoms with Crippen LogP contribution in [0.4, 0.5) is 0 Å². The average Bonchev–Trinajstić information content (AvgIpc) is 2.67. The van der Waals surface area contributed by atoms with Gasteiger partial charge in [0.05, 0.1) is 11.5 Å². The zero-order chi connectivity index (χ0) is 20.5. The third-order valence-corrected chi connectivity index (χ3v) is 8.10. The number of aliphatic hydroxyl groups excluding tert-OH is 1. The smallest absolute Gasteiger partial charge is 0.323 e. The Kier molecular flexibility index (Phi) is 5.86. The highest BCUT2D eigenvalue weighted by atomic mass is 32.2. The van der Waals surface area contributed by atoms with E-state index in [4.69, 9.17) is 0 Å². The van der Waals surface area contributed by atoms with Gasteiger partial charge >= 0.3 is 5.97 Å². The Hall–Kier alpha value is -1.87. The lowest BCUT2D eigenvalue weighted by molar-refractivity contribution is -0.142. The van der Waals surface area contributed by atoms with Crippen LogP contribution in [0.5, 0.6) is 0 Å². The van der Waals surface area contributed by atoms with E-state index in [1.54, 1.807) is 26.0 Å². The minimum Gasteiger partial charge on any atom is -0.480 e. The number of carbonyl (C=O) groups is 1. The molecule has 2 aromatic rings. The molecule has 0 spiro atoms. The number of sulfonamides is 1. The van der Waals surface area contributed by atoms with Crippen molar-refractivity contribution in [1.82, 2.24) is 4.31 Å². The number of aliphatic hydroxyl groups is 1. The fourth-order valence-corrected chi connectivity index (χ4v) is 6.53. The van der Waals surface area contributed by atoms with Gasteiger partial charge in [0.2, 0.25) is 10.0 Å². The zero-order valence-corrected chi connectivity index (χ0v) is 17.3.